The molecule has 0 saturated heterocycles. The van der Waals surface area contributed by atoms with Crippen molar-refractivity contribution < 1.29 is 77.8 Å². The van der Waals surface area contributed by atoms with Crippen molar-refractivity contribution in [2.75, 3.05) is 53.3 Å². The predicted octanol–water partition coefficient (Wildman–Crippen LogP) is 4.39. The van der Waals surface area contributed by atoms with Crippen LogP contribution in [0.4, 0.5) is 34.6 Å². The van der Waals surface area contributed by atoms with Gasteiger partial charge in [-0.25, -0.2) is 21.8 Å². The average molecular weight is 1120 g/mol. The summed E-state index contributed by atoms with van der Waals surface area (Å²) < 4.78 is 176. The molecule has 0 amide bonds. The van der Waals surface area contributed by atoms with Gasteiger partial charge >= 0.3 is 20.8 Å². The molecule has 0 bridgehead atoms. The topological polar surface area (TPSA) is 404 Å². The molecule has 0 spiro atoms. The molecule has 0 fully saturated rings. The highest BCUT2D eigenvalue weighted by Gasteiger charge is 2.31. The predicted molar refractivity (Wildman–Crippen MR) is 244 cm³/mol. The number of ether oxygens (including phenoxy) is 1. The Hall–Kier alpha value is -5.33. The zero-order valence-corrected chi connectivity index (χ0v) is 40.5. The first-order valence-corrected chi connectivity index (χ1v) is 27.1. The van der Waals surface area contributed by atoms with E-state index >= 15 is 0 Å². The van der Waals surface area contributed by atoms with Gasteiger partial charge in [-0.1, -0.05) is 23.2 Å². The fourth-order valence-corrected chi connectivity index (χ4v) is 9.98. The zero-order chi connectivity index (χ0) is 50.4. The largest absolute Gasteiger partial charge is 0.451 e. The van der Waals surface area contributed by atoms with Gasteiger partial charge in [-0.3, -0.25) is 23.2 Å². The number of fused-ring (bicyclic) bond motifs is 4. The van der Waals surface area contributed by atoms with E-state index in [0.717, 1.165) is 24.3 Å². The second-order valence-corrected chi connectivity index (χ2v) is 22.2. The quantitative estimate of drug-likeness (QED) is 0.0335. The Bertz CT molecular complexity index is 3670. The van der Waals surface area contributed by atoms with Crippen LogP contribution in [0.15, 0.2) is 72.6 Å². The van der Waals surface area contributed by atoms with Gasteiger partial charge in [0.05, 0.1) is 47.1 Å². The second-order valence-electron chi connectivity index (χ2n) is 14.1. The van der Waals surface area contributed by atoms with Crippen LogP contribution in [0.25, 0.3) is 22.6 Å². The van der Waals surface area contributed by atoms with Gasteiger partial charge < -0.3 is 30.4 Å². The molecule has 1 aliphatic carbocycles. The van der Waals surface area contributed by atoms with Crippen LogP contribution in [0.3, 0.4) is 0 Å². The molecule has 2 aliphatic heterocycles. The molecule has 370 valence electrons. The van der Waals surface area contributed by atoms with Crippen LogP contribution >= 0.6 is 34.8 Å². The molecule has 8 N–H and O–H groups in total. The van der Waals surface area contributed by atoms with Crippen LogP contribution in [-0.4, -0.2) is 118 Å². The van der Waals surface area contributed by atoms with Crippen molar-refractivity contribution in [1.82, 2.24) is 19.9 Å². The van der Waals surface area contributed by atoms with Gasteiger partial charge in [0.15, 0.2) is 32.7 Å². The monoisotopic (exact) mass is 1120 g/mol. The Morgan fingerprint density at radius 1 is 0.783 bits per heavy atom. The van der Waals surface area contributed by atoms with Gasteiger partial charge in [0.1, 0.15) is 36.7 Å². The molecular formula is C34H30Cl3N9O18S5. The van der Waals surface area contributed by atoms with Crippen molar-refractivity contribution in [3.8, 4) is 23.0 Å². The highest BCUT2D eigenvalue weighted by molar-refractivity contribution is 7.91. The highest BCUT2D eigenvalue weighted by Crippen LogP contribution is 2.54. The first kappa shape index (κ1) is 51.5. The average Bonchev–Trinajstić information content (AvgIpc) is 3.23. The van der Waals surface area contributed by atoms with Crippen molar-refractivity contribution in [2.24, 2.45) is 4.99 Å². The number of hydrogen-bond donors (Lipinski definition) is 8. The van der Waals surface area contributed by atoms with Crippen LogP contribution in [0.2, 0.25) is 15.3 Å². The summed E-state index contributed by atoms with van der Waals surface area (Å²) >= 11 is 19.7. The number of nitrogens with one attached hydrogen (secondary N) is 4. The molecule has 27 nitrogen and oxygen atoms in total. The molecule has 35 heteroatoms. The first-order chi connectivity index (χ1) is 32.0. The van der Waals surface area contributed by atoms with E-state index in [4.69, 9.17) is 53.1 Å². The molecule has 3 aliphatic rings. The SMILES string of the molecule is CC(CN=c1cc2oc3c(Cl)c4c(c(Cl)c3nc-2cc1S(=O)(=O)O)Oc1cc(NCCOS(=O)(=O)O)c(S(=O)(=O)O)cc1N4)Nc1nc(Cl)nc(Nc2ccc(S(=O)(=O)CCOS(=O)(=O)O)cc2)n1. The van der Waals surface area contributed by atoms with Gasteiger partial charge in [-0.15, -0.1) is 0 Å². The van der Waals surface area contributed by atoms with Crippen LogP contribution in [0, 0.1) is 0 Å². The molecule has 7 rings (SSSR count). The summed E-state index contributed by atoms with van der Waals surface area (Å²) in [5.41, 5.74) is -0.584. The maximum atomic E-state index is 12.7. The number of nitrogens with zero attached hydrogens (tertiary/aromatic N) is 5. The Morgan fingerprint density at radius 3 is 2.09 bits per heavy atom. The Morgan fingerprint density at radius 2 is 1.43 bits per heavy atom. The summed E-state index contributed by atoms with van der Waals surface area (Å²) in [5, 5.41) is 10.1. The fourth-order valence-electron chi connectivity index (χ4n) is 6.19. The molecule has 3 aromatic carbocycles. The van der Waals surface area contributed by atoms with Crippen molar-refractivity contribution in [1.29, 1.82) is 0 Å². The van der Waals surface area contributed by atoms with Crippen molar-refractivity contribution in [3.05, 3.63) is 69.2 Å². The molecular weight excluding hydrogens is 1090 g/mol. The lowest BCUT2D eigenvalue weighted by Gasteiger charge is -2.26. The molecule has 1 aromatic heterocycles. The van der Waals surface area contributed by atoms with Crippen molar-refractivity contribution >= 4 is 131 Å². The highest BCUT2D eigenvalue weighted by atomic mass is 35.5. The van der Waals surface area contributed by atoms with Crippen molar-refractivity contribution in [2.45, 2.75) is 27.7 Å². The van der Waals surface area contributed by atoms with E-state index in [1.807, 2.05) is 0 Å². The molecule has 0 saturated carbocycles. The molecule has 0 radical (unpaired) electrons. The van der Waals surface area contributed by atoms with Gasteiger partial charge in [0.2, 0.25) is 17.2 Å². The number of aromatic nitrogens is 4. The maximum Gasteiger partial charge on any atom is 0.397 e. The molecule has 3 heterocycles. The number of anilines is 6. The number of benzene rings is 4. The third kappa shape index (κ3) is 12.5. The first-order valence-electron chi connectivity index (χ1n) is 18.7. The molecule has 1 unspecified atom stereocenters. The molecule has 4 aromatic rings. The lowest BCUT2D eigenvalue weighted by atomic mass is 10.1. The summed E-state index contributed by atoms with van der Waals surface area (Å²) in [5.74, 6) is -1.28. The standard InChI is InChI=1S/C34H30Cl3N9O18S5/c1-15(40-33-44-32(37)45-34(46-33)41-16-2-4-17(5-3-16)65(47,48)9-8-62-69(58,59)60)14-39-21-11-23-19(13-25(21)67(52,53)54)43-29-26(35)30-28(27(36)31(29)64-23)42-18-12-24(66(49,50)51)20(10-22(18)63-30)38-6-7-61-68(55,56)57/h2-5,10-13,15,38,42H,6-9,14H2,1H3,(H,49,50,51)(H,52,53,54)(H,55,56,57)(H,58,59,60)(H2,40,41,44,45,46). The Balaban J connectivity index is 1.13. The van der Waals surface area contributed by atoms with Gasteiger partial charge in [0, 0.05) is 30.4 Å². The summed E-state index contributed by atoms with van der Waals surface area (Å²) in [6.45, 7) is -0.422. The second kappa shape index (κ2) is 19.5. The third-order valence-corrected chi connectivity index (χ3v) is 14.4. The van der Waals surface area contributed by atoms with Gasteiger partial charge in [0.25, 0.3) is 20.2 Å². The number of halogens is 3. The Labute approximate surface area is 404 Å². The van der Waals surface area contributed by atoms with E-state index in [-0.39, 0.29) is 102 Å². The van der Waals surface area contributed by atoms with Crippen LogP contribution in [0.1, 0.15) is 6.92 Å². The van der Waals surface area contributed by atoms with E-state index in [1.165, 1.54) is 24.3 Å². The van der Waals surface area contributed by atoms with Crippen LogP contribution < -0.4 is 31.4 Å². The van der Waals surface area contributed by atoms with E-state index in [2.05, 4.69) is 54.6 Å². The minimum absolute atomic E-state index is 0.0529. The lowest BCUT2D eigenvalue weighted by molar-refractivity contribution is 0.278. The van der Waals surface area contributed by atoms with Gasteiger partial charge in [-0.05, 0) is 54.9 Å². The van der Waals surface area contributed by atoms with E-state index in [0.29, 0.717) is 5.69 Å². The lowest BCUT2D eigenvalue weighted by Crippen LogP contribution is -2.24. The Kier molecular flexibility index (Phi) is 14.5. The minimum Gasteiger partial charge on any atom is -0.451 e. The number of sulfone groups is 1. The summed E-state index contributed by atoms with van der Waals surface area (Å²) in [4.78, 5) is 19.5. The van der Waals surface area contributed by atoms with E-state index < -0.39 is 85.7 Å². The third-order valence-electron chi connectivity index (χ3n) is 9.09. The van der Waals surface area contributed by atoms with Crippen molar-refractivity contribution in [3.63, 3.8) is 0 Å². The number of hydrogen-bond acceptors (Lipinski definition) is 23. The van der Waals surface area contributed by atoms with Crippen LogP contribution in [0.5, 0.6) is 11.5 Å². The number of rotatable bonds is 18. The van der Waals surface area contributed by atoms with Crippen LogP contribution in [-0.2, 0) is 59.2 Å². The molecule has 69 heavy (non-hydrogen) atoms. The van der Waals surface area contributed by atoms with E-state index in [1.54, 1.807) is 6.92 Å². The smallest absolute Gasteiger partial charge is 0.397 e. The summed E-state index contributed by atoms with van der Waals surface area (Å²) in [6.07, 6.45) is 0. The summed E-state index contributed by atoms with van der Waals surface area (Å²) in [6, 6.07) is 8.65. The van der Waals surface area contributed by atoms with Gasteiger partial charge in [-0.2, -0.15) is 48.6 Å². The van der Waals surface area contributed by atoms with E-state index in [9.17, 15) is 51.2 Å². The maximum absolute atomic E-state index is 12.7. The fraction of sp³-hybridized carbons (Fsp3) is 0.206. The minimum atomic E-state index is -4.98. The zero-order valence-electron chi connectivity index (χ0n) is 34.1. The summed E-state index contributed by atoms with van der Waals surface area (Å²) in [7, 11) is -23.6. The normalized spacial score (nSPS) is 13.9. The molecule has 1 atom stereocenters.